The number of hydrogen-bond acceptors (Lipinski definition) is 4. The molecule has 146 valence electrons. The summed E-state index contributed by atoms with van der Waals surface area (Å²) in [5.41, 5.74) is 0.123. The van der Waals surface area contributed by atoms with Crippen LogP contribution in [0.15, 0.2) is 36.4 Å². The molecule has 2 amide bonds. The third-order valence-electron chi connectivity index (χ3n) is 4.05. The Kier molecular flexibility index (Phi) is 6.74. The van der Waals surface area contributed by atoms with Crippen LogP contribution in [0.2, 0.25) is 0 Å². The van der Waals surface area contributed by atoms with Gasteiger partial charge in [0.15, 0.2) is 17.5 Å². The molecule has 1 atom stereocenters. The number of likely N-dealkylation sites (N-methyl/N-ethyl adjacent to an activating group) is 1. The fourth-order valence-corrected chi connectivity index (χ4v) is 2.30. The Balaban J connectivity index is 1.98. The van der Waals surface area contributed by atoms with Gasteiger partial charge in [0, 0.05) is 0 Å². The predicted molar refractivity (Wildman–Crippen MR) is 96.8 cm³/mol. The van der Waals surface area contributed by atoms with Gasteiger partial charge < -0.3 is 10.6 Å². The van der Waals surface area contributed by atoms with Gasteiger partial charge in [0.05, 0.1) is 29.5 Å². The van der Waals surface area contributed by atoms with Crippen LogP contribution in [0.25, 0.3) is 0 Å². The lowest BCUT2D eigenvalue weighted by Gasteiger charge is -2.23. The van der Waals surface area contributed by atoms with Gasteiger partial charge in [-0.1, -0.05) is 12.1 Å². The lowest BCUT2D eigenvalue weighted by molar-refractivity contribution is -0.122. The average molecular weight is 390 g/mol. The molecule has 6 nitrogen and oxygen atoms in total. The number of nitrogens with zero attached hydrogens (tertiary/aromatic N) is 2. The summed E-state index contributed by atoms with van der Waals surface area (Å²) in [6, 6.07) is 9.22. The van der Waals surface area contributed by atoms with E-state index < -0.39 is 41.0 Å². The van der Waals surface area contributed by atoms with Crippen LogP contribution in [-0.2, 0) is 9.59 Å². The first-order chi connectivity index (χ1) is 13.2. The summed E-state index contributed by atoms with van der Waals surface area (Å²) in [7, 11) is 1.49. The Morgan fingerprint density at radius 1 is 1.07 bits per heavy atom. The van der Waals surface area contributed by atoms with Crippen LogP contribution in [0.5, 0.6) is 0 Å². The van der Waals surface area contributed by atoms with E-state index in [1.165, 1.54) is 18.9 Å². The number of amides is 2. The van der Waals surface area contributed by atoms with Gasteiger partial charge in [-0.05, 0) is 38.2 Å². The van der Waals surface area contributed by atoms with Crippen molar-refractivity contribution in [2.45, 2.75) is 13.0 Å². The van der Waals surface area contributed by atoms with Crippen molar-refractivity contribution in [2.75, 3.05) is 24.2 Å². The molecule has 0 aliphatic heterocycles. The Hall–Kier alpha value is -3.38. The number of halogens is 3. The number of benzene rings is 2. The maximum absolute atomic E-state index is 13.6. The van der Waals surface area contributed by atoms with Crippen molar-refractivity contribution >= 4 is 23.2 Å². The normalized spacial score (nSPS) is 11.6. The van der Waals surface area contributed by atoms with E-state index in [4.69, 9.17) is 5.26 Å². The largest absolute Gasteiger partial charge is 0.324 e. The van der Waals surface area contributed by atoms with Crippen molar-refractivity contribution in [1.29, 1.82) is 5.26 Å². The summed E-state index contributed by atoms with van der Waals surface area (Å²) in [4.78, 5) is 25.8. The highest BCUT2D eigenvalue weighted by atomic mass is 19.2. The van der Waals surface area contributed by atoms with Crippen molar-refractivity contribution in [3.63, 3.8) is 0 Å². The smallest absolute Gasteiger partial charge is 0.241 e. The monoisotopic (exact) mass is 390 g/mol. The van der Waals surface area contributed by atoms with Crippen molar-refractivity contribution in [1.82, 2.24) is 4.90 Å². The van der Waals surface area contributed by atoms with E-state index >= 15 is 0 Å². The van der Waals surface area contributed by atoms with Gasteiger partial charge in [-0.2, -0.15) is 5.26 Å². The van der Waals surface area contributed by atoms with Gasteiger partial charge in [-0.25, -0.2) is 13.2 Å². The molecule has 2 aromatic rings. The zero-order valence-corrected chi connectivity index (χ0v) is 15.1. The molecule has 2 aromatic carbocycles. The lowest BCUT2D eigenvalue weighted by atomic mass is 10.2. The number of hydrogen-bond donors (Lipinski definition) is 2. The molecular formula is C19H17F3N4O2. The first-order valence-electron chi connectivity index (χ1n) is 8.18. The first kappa shape index (κ1) is 20.9. The minimum atomic E-state index is -1.69. The number of para-hydroxylation sites is 1. The Labute approximate surface area is 159 Å². The number of anilines is 2. The molecule has 0 radical (unpaired) electrons. The highest BCUT2D eigenvalue weighted by Gasteiger charge is 2.22. The van der Waals surface area contributed by atoms with Crippen LogP contribution in [0.3, 0.4) is 0 Å². The summed E-state index contributed by atoms with van der Waals surface area (Å²) in [6.07, 6.45) is 0. The van der Waals surface area contributed by atoms with Gasteiger partial charge in [-0.15, -0.1) is 0 Å². The molecule has 0 saturated heterocycles. The number of rotatable bonds is 6. The molecule has 0 aliphatic rings. The second-order valence-corrected chi connectivity index (χ2v) is 6.01. The van der Waals surface area contributed by atoms with Crippen LogP contribution in [-0.4, -0.2) is 36.3 Å². The lowest BCUT2D eigenvalue weighted by Crippen LogP contribution is -2.43. The summed E-state index contributed by atoms with van der Waals surface area (Å²) in [6.45, 7) is 1.22. The minimum Gasteiger partial charge on any atom is -0.324 e. The summed E-state index contributed by atoms with van der Waals surface area (Å²) < 4.78 is 39.8. The van der Waals surface area contributed by atoms with Crippen molar-refractivity contribution in [3.05, 3.63) is 59.4 Å². The molecule has 0 aromatic heterocycles. The maximum atomic E-state index is 13.6. The molecule has 0 aliphatic carbocycles. The van der Waals surface area contributed by atoms with E-state index in [2.05, 4.69) is 10.6 Å². The number of nitriles is 1. The van der Waals surface area contributed by atoms with E-state index in [9.17, 15) is 22.8 Å². The van der Waals surface area contributed by atoms with Gasteiger partial charge >= 0.3 is 0 Å². The van der Waals surface area contributed by atoms with E-state index in [0.717, 1.165) is 6.07 Å². The average Bonchev–Trinajstić information content (AvgIpc) is 2.68. The molecule has 0 fully saturated rings. The zero-order chi connectivity index (χ0) is 20.8. The van der Waals surface area contributed by atoms with Crippen LogP contribution in [0.4, 0.5) is 24.5 Å². The zero-order valence-electron chi connectivity index (χ0n) is 15.1. The molecule has 2 rings (SSSR count). The summed E-state index contributed by atoms with van der Waals surface area (Å²) in [5.74, 6) is -5.73. The van der Waals surface area contributed by atoms with Crippen LogP contribution in [0, 0.1) is 28.8 Å². The fraction of sp³-hybridized carbons (Fsp3) is 0.211. The molecule has 0 saturated carbocycles. The maximum Gasteiger partial charge on any atom is 0.241 e. The second-order valence-electron chi connectivity index (χ2n) is 6.01. The number of carbonyl (C=O) groups excluding carboxylic acids is 2. The quantitative estimate of drug-likeness (QED) is 0.743. The highest BCUT2D eigenvalue weighted by Crippen LogP contribution is 2.19. The van der Waals surface area contributed by atoms with E-state index in [1.807, 2.05) is 6.07 Å². The summed E-state index contributed by atoms with van der Waals surface area (Å²) >= 11 is 0. The molecule has 28 heavy (non-hydrogen) atoms. The van der Waals surface area contributed by atoms with E-state index in [1.54, 1.807) is 24.3 Å². The third kappa shape index (κ3) is 4.86. The predicted octanol–water partition coefficient (Wildman–Crippen LogP) is 2.87. The van der Waals surface area contributed by atoms with Gasteiger partial charge in [0.1, 0.15) is 6.07 Å². The number of nitrogens with one attached hydrogen (secondary N) is 2. The fourth-order valence-electron chi connectivity index (χ4n) is 2.30. The molecule has 2 N–H and O–H groups in total. The van der Waals surface area contributed by atoms with Crippen LogP contribution in [0.1, 0.15) is 12.5 Å². The van der Waals surface area contributed by atoms with Crippen LogP contribution >= 0.6 is 0 Å². The van der Waals surface area contributed by atoms with Gasteiger partial charge in [0.25, 0.3) is 0 Å². The highest BCUT2D eigenvalue weighted by molar-refractivity contribution is 5.97. The second kappa shape index (κ2) is 9.01. The van der Waals surface area contributed by atoms with Crippen molar-refractivity contribution < 1.29 is 22.8 Å². The molecule has 9 heteroatoms. The Morgan fingerprint density at radius 2 is 1.75 bits per heavy atom. The SMILES string of the molecule is C[C@H](C(=O)Nc1ccccc1C#N)N(C)CC(=O)Nc1ccc(F)c(F)c1F. The Morgan fingerprint density at radius 3 is 2.43 bits per heavy atom. The topological polar surface area (TPSA) is 85.2 Å². The van der Waals surface area contributed by atoms with Gasteiger partial charge in [0.2, 0.25) is 11.8 Å². The first-order valence-corrected chi connectivity index (χ1v) is 8.18. The third-order valence-corrected chi connectivity index (χ3v) is 4.05. The standard InChI is InChI=1S/C19H17F3N4O2/c1-11(19(28)25-14-6-4-3-5-12(14)9-23)26(2)10-16(27)24-15-8-7-13(20)17(21)18(15)22/h3-8,11H,10H2,1-2H3,(H,24,27)(H,25,28)/t11-/m1/s1. The minimum absolute atomic E-state index is 0.289. The molecule has 0 heterocycles. The number of carbonyl (C=O) groups is 2. The van der Waals surface area contributed by atoms with Crippen molar-refractivity contribution in [3.8, 4) is 6.07 Å². The molecular weight excluding hydrogens is 373 g/mol. The molecule has 0 bridgehead atoms. The molecule has 0 unspecified atom stereocenters. The van der Waals surface area contributed by atoms with Gasteiger partial charge in [-0.3, -0.25) is 14.5 Å². The van der Waals surface area contributed by atoms with Crippen molar-refractivity contribution in [2.24, 2.45) is 0 Å². The Bertz CT molecular complexity index is 943. The molecule has 0 spiro atoms. The van der Waals surface area contributed by atoms with E-state index in [0.29, 0.717) is 11.8 Å². The summed E-state index contributed by atoms with van der Waals surface area (Å²) in [5, 5.41) is 13.8. The van der Waals surface area contributed by atoms with E-state index in [-0.39, 0.29) is 12.1 Å². The van der Waals surface area contributed by atoms with Crippen LogP contribution < -0.4 is 10.6 Å².